The molecule has 3 atom stereocenters. The summed E-state index contributed by atoms with van der Waals surface area (Å²) in [5.41, 5.74) is 0. The molecule has 55 heavy (non-hydrogen) atoms. The molecule has 0 saturated carbocycles. The van der Waals surface area contributed by atoms with Crippen molar-refractivity contribution < 1.29 is 63.0 Å². The van der Waals surface area contributed by atoms with Gasteiger partial charge in [0.25, 0.3) is 35.4 Å². The average Bonchev–Trinajstić information content (AvgIpc) is 3.85. The van der Waals surface area contributed by atoms with Crippen molar-refractivity contribution in [1.29, 1.82) is 0 Å². The van der Waals surface area contributed by atoms with E-state index in [4.69, 9.17) is 5.11 Å². The van der Waals surface area contributed by atoms with Crippen molar-refractivity contribution in [2.24, 2.45) is 0 Å². The number of carboxylic acids is 1. The molecule has 0 saturated heterocycles. The normalized spacial score (nSPS) is 18.7. The van der Waals surface area contributed by atoms with Crippen LogP contribution >= 0.6 is 0 Å². The molecule has 0 aromatic heterocycles. The fourth-order valence-electron chi connectivity index (χ4n) is 6.24. The monoisotopic (exact) mass is 767 g/mol. The Balaban J connectivity index is 1.28. The van der Waals surface area contributed by atoms with Crippen LogP contribution in [-0.2, 0) is 52.7 Å². The van der Waals surface area contributed by atoms with Crippen LogP contribution in [-0.4, -0.2) is 157 Å². The van der Waals surface area contributed by atoms with Crippen molar-refractivity contribution in [2.75, 3.05) is 39.3 Å². The van der Waals surface area contributed by atoms with E-state index in [0.29, 0.717) is 0 Å². The summed E-state index contributed by atoms with van der Waals surface area (Å²) in [4.78, 5) is 140. The molecule has 294 valence electrons. The van der Waals surface area contributed by atoms with E-state index in [1.807, 2.05) is 0 Å². The molecule has 10 amide bonds. The number of aliphatic hydroxyl groups excluding tert-OH is 1. The molecule has 0 spiro atoms. The first kappa shape index (κ1) is 41.4. The molecule has 0 bridgehead atoms. The quantitative estimate of drug-likeness (QED) is 0.0806. The Hall–Kier alpha value is -6.31. The Labute approximate surface area is 314 Å². The minimum Gasteiger partial charge on any atom is -0.481 e. The standard InChI is InChI=1S/C35H41N7O13/c43-24(6-4-22(41-31(50)12-13-32(41)51)20-39-27(46)8-9-28(39)47)36-16-18-38(26(45)2-1-3-35(54)55)19-17-37-25(44)7-5-23(42-33(52)14-15-34(42)53)21-40-29(48)10-11-30(40)49/h8-15,22-23,27,46H,1-7,16-21H2,(H,36,43)(H,37,44)(H,54,55). The number of carbonyl (C=O) groups is 11. The van der Waals surface area contributed by atoms with Crippen LogP contribution < -0.4 is 10.6 Å². The van der Waals surface area contributed by atoms with E-state index in [1.165, 1.54) is 11.0 Å². The molecular formula is C35H41N7O13. The Morgan fingerprint density at radius 3 is 1.51 bits per heavy atom. The van der Waals surface area contributed by atoms with Crippen LogP contribution in [0.3, 0.4) is 0 Å². The van der Waals surface area contributed by atoms with Crippen molar-refractivity contribution in [1.82, 2.24) is 35.1 Å². The number of carbonyl (C=O) groups excluding carboxylic acids is 10. The summed E-state index contributed by atoms with van der Waals surface area (Å²) in [5.74, 6) is -6.92. The van der Waals surface area contributed by atoms with Crippen LogP contribution in [0.4, 0.5) is 0 Å². The number of imide groups is 3. The Morgan fingerprint density at radius 1 is 0.618 bits per heavy atom. The van der Waals surface area contributed by atoms with E-state index in [0.717, 1.165) is 62.1 Å². The zero-order valence-corrected chi connectivity index (χ0v) is 29.7. The maximum Gasteiger partial charge on any atom is 0.303 e. The van der Waals surface area contributed by atoms with Crippen LogP contribution in [0.25, 0.3) is 0 Å². The minimum atomic E-state index is -1.26. The summed E-state index contributed by atoms with van der Waals surface area (Å²) >= 11 is 0. The molecule has 4 N–H and O–H groups in total. The zero-order valence-electron chi connectivity index (χ0n) is 29.7. The highest BCUT2D eigenvalue weighted by molar-refractivity contribution is 6.15. The van der Waals surface area contributed by atoms with Gasteiger partial charge in [0.1, 0.15) is 6.23 Å². The minimum absolute atomic E-state index is 0.0374. The summed E-state index contributed by atoms with van der Waals surface area (Å²) in [6.07, 6.45) is 6.55. The van der Waals surface area contributed by atoms with Gasteiger partial charge in [0, 0.05) is 101 Å². The van der Waals surface area contributed by atoms with Gasteiger partial charge in [0.2, 0.25) is 23.6 Å². The lowest BCUT2D eigenvalue weighted by Crippen LogP contribution is -2.50. The molecule has 4 aliphatic heterocycles. The number of nitrogens with one attached hydrogen (secondary N) is 2. The van der Waals surface area contributed by atoms with Gasteiger partial charge >= 0.3 is 5.97 Å². The molecule has 3 unspecified atom stereocenters. The van der Waals surface area contributed by atoms with Crippen LogP contribution in [0, 0.1) is 0 Å². The van der Waals surface area contributed by atoms with Gasteiger partial charge < -0.3 is 30.6 Å². The van der Waals surface area contributed by atoms with Gasteiger partial charge in [0.15, 0.2) is 0 Å². The van der Waals surface area contributed by atoms with Gasteiger partial charge in [-0.1, -0.05) is 0 Å². The fourth-order valence-corrected chi connectivity index (χ4v) is 6.24. The number of aliphatic carboxylic acids is 1. The predicted octanol–water partition coefficient (Wildman–Crippen LogP) is -2.91. The van der Waals surface area contributed by atoms with Gasteiger partial charge in [-0.25, -0.2) is 0 Å². The number of hydrogen-bond acceptors (Lipinski definition) is 12. The molecule has 0 aromatic rings. The number of carboxylic acid groups (broad SMARTS) is 1. The molecule has 0 fully saturated rings. The lowest BCUT2D eigenvalue weighted by atomic mass is 10.1. The maximum atomic E-state index is 13.0. The average molecular weight is 768 g/mol. The third-order valence-electron chi connectivity index (χ3n) is 9.08. The molecule has 4 aliphatic rings. The summed E-state index contributed by atoms with van der Waals surface area (Å²) in [7, 11) is 0. The maximum absolute atomic E-state index is 13.0. The van der Waals surface area contributed by atoms with Gasteiger partial charge in [-0.2, -0.15) is 0 Å². The van der Waals surface area contributed by atoms with E-state index in [1.54, 1.807) is 0 Å². The van der Waals surface area contributed by atoms with Crippen LogP contribution in [0.5, 0.6) is 0 Å². The second-order valence-corrected chi connectivity index (χ2v) is 12.9. The summed E-state index contributed by atoms with van der Waals surface area (Å²) in [6.45, 7) is -0.736. The van der Waals surface area contributed by atoms with Gasteiger partial charge in [-0.05, 0) is 25.3 Å². The Bertz CT molecular complexity index is 1700. The molecule has 20 heteroatoms. The number of rotatable bonds is 22. The first-order valence-electron chi connectivity index (χ1n) is 17.5. The summed E-state index contributed by atoms with van der Waals surface area (Å²) < 4.78 is 0. The highest BCUT2D eigenvalue weighted by Gasteiger charge is 2.37. The highest BCUT2D eigenvalue weighted by Crippen LogP contribution is 2.20. The van der Waals surface area contributed by atoms with Crippen molar-refractivity contribution in [3.63, 3.8) is 0 Å². The largest absolute Gasteiger partial charge is 0.481 e. The second kappa shape index (κ2) is 19.1. The van der Waals surface area contributed by atoms with Crippen molar-refractivity contribution >= 4 is 65.0 Å². The van der Waals surface area contributed by atoms with Crippen molar-refractivity contribution in [2.45, 2.75) is 63.3 Å². The lowest BCUT2D eigenvalue weighted by molar-refractivity contribution is -0.145. The smallest absolute Gasteiger partial charge is 0.303 e. The van der Waals surface area contributed by atoms with Crippen LogP contribution in [0.15, 0.2) is 48.6 Å². The first-order chi connectivity index (χ1) is 26.2. The number of amides is 10. The SMILES string of the molecule is O=C(O)CCCC(=O)N(CCNC(=O)CCC(CN1C(=O)C=CC1=O)N1C(=O)C=CC1=O)CCNC(=O)CCC(CN1C(=O)C=CC1O)N1C(=O)C=CC1=O. The first-order valence-corrected chi connectivity index (χ1v) is 17.5. The van der Waals surface area contributed by atoms with Crippen LogP contribution in [0.1, 0.15) is 44.9 Å². The molecule has 0 aliphatic carbocycles. The summed E-state index contributed by atoms with van der Waals surface area (Å²) in [5, 5.41) is 24.4. The zero-order chi connectivity index (χ0) is 40.2. The molecule has 0 radical (unpaired) electrons. The third kappa shape index (κ3) is 11.3. The second-order valence-electron chi connectivity index (χ2n) is 12.9. The molecular weight excluding hydrogens is 726 g/mol. The van der Waals surface area contributed by atoms with E-state index < -0.39 is 83.4 Å². The molecule has 0 aromatic carbocycles. The van der Waals surface area contributed by atoms with Crippen molar-refractivity contribution in [3.8, 4) is 0 Å². The van der Waals surface area contributed by atoms with Crippen molar-refractivity contribution in [3.05, 3.63) is 48.6 Å². The van der Waals surface area contributed by atoms with Gasteiger partial charge in [0.05, 0.1) is 18.6 Å². The predicted molar refractivity (Wildman–Crippen MR) is 185 cm³/mol. The van der Waals surface area contributed by atoms with Gasteiger partial charge in [-0.15, -0.1) is 0 Å². The number of aliphatic hydroxyl groups is 1. The lowest BCUT2D eigenvalue weighted by Gasteiger charge is -2.31. The van der Waals surface area contributed by atoms with Gasteiger partial charge in [-0.3, -0.25) is 67.4 Å². The van der Waals surface area contributed by atoms with E-state index in [2.05, 4.69) is 10.6 Å². The molecule has 4 rings (SSSR count). The topological polar surface area (TPSA) is 268 Å². The third-order valence-corrected chi connectivity index (χ3v) is 9.08. The Morgan fingerprint density at radius 2 is 1.07 bits per heavy atom. The molecule has 4 heterocycles. The van der Waals surface area contributed by atoms with E-state index in [9.17, 15) is 57.8 Å². The number of hydrogen-bond donors (Lipinski definition) is 4. The fraction of sp³-hybridized carbons (Fsp3) is 0.457. The summed E-state index contributed by atoms with van der Waals surface area (Å²) in [6, 6.07) is -1.92. The Kier molecular flexibility index (Phi) is 14.4. The van der Waals surface area contributed by atoms with Crippen LogP contribution in [0.2, 0.25) is 0 Å². The molecule has 20 nitrogen and oxygen atoms in total. The highest BCUT2D eigenvalue weighted by atomic mass is 16.4. The van der Waals surface area contributed by atoms with E-state index >= 15 is 0 Å². The number of nitrogens with zero attached hydrogens (tertiary/aromatic N) is 5. The van der Waals surface area contributed by atoms with E-state index in [-0.39, 0.29) is 84.2 Å².